The van der Waals surface area contributed by atoms with Crippen molar-refractivity contribution in [3.8, 4) is 5.75 Å². The van der Waals surface area contributed by atoms with Gasteiger partial charge in [0.25, 0.3) is 0 Å². The quantitative estimate of drug-likeness (QED) is 0.286. The van der Waals surface area contributed by atoms with Crippen LogP contribution in [0, 0.1) is 0 Å². The Morgan fingerprint density at radius 3 is 2.46 bits per heavy atom. The lowest BCUT2D eigenvalue weighted by molar-refractivity contribution is -0.120. The highest BCUT2D eigenvalue weighted by molar-refractivity contribution is 6.32. The monoisotopic (exact) mass is 400 g/mol. The molecule has 148 valence electrons. The summed E-state index contributed by atoms with van der Waals surface area (Å²) in [6.07, 6.45) is 0.235. The summed E-state index contributed by atoms with van der Waals surface area (Å²) in [4.78, 5) is 14.9. The molecule has 0 heterocycles. The second-order valence-electron chi connectivity index (χ2n) is 7.47. The van der Waals surface area contributed by atoms with Crippen molar-refractivity contribution in [3.05, 3.63) is 74.6 Å². The van der Waals surface area contributed by atoms with Gasteiger partial charge in [-0.25, -0.2) is 0 Å². The fraction of sp³-hybridized carbons (Fsp3) is 0.381. The third kappa shape index (κ3) is 6.80. The van der Waals surface area contributed by atoms with E-state index in [2.05, 4.69) is 48.2 Å². The van der Waals surface area contributed by atoms with Gasteiger partial charge >= 0.3 is 0 Å². The third-order valence-electron chi connectivity index (χ3n) is 4.18. The molecule has 0 aliphatic rings. The van der Waals surface area contributed by atoms with E-state index < -0.39 is 0 Å². The molecule has 2 aromatic carbocycles. The standard InChI is InChI=1S/C21H25ClN4O2/c1-21(2,3)17-7-4-15(5-8-17)14-24-20(27)13-16-6-9-19(18(22)12-16)28-11-10-25-26-23/h4-9,12H,10-11,13-14H2,1-3H3,(H,24,27). The molecule has 0 saturated heterocycles. The Hall–Kier alpha value is -2.69. The van der Waals surface area contributed by atoms with Crippen LogP contribution in [-0.4, -0.2) is 19.1 Å². The normalized spacial score (nSPS) is 10.9. The Kier molecular flexibility index (Phi) is 7.73. The largest absolute Gasteiger partial charge is 0.492 e. The summed E-state index contributed by atoms with van der Waals surface area (Å²) < 4.78 is 5.44. The van der Waals surface area contributed by atoms with Crippen LogP contribution >= 0.6 is 11.6 Å². The molecule has 1 amide bonds. The second-order valence-corrected chi connectivity index (χ2v) is 7.88. The minimum absolute atomic E-state index is 0.0759. The third-order valence-corrected chi connectivity index (χ3v) is 4.48. The van der Waals surface area contributed by atoms with E-state index in [1.54, 1.807) is 18.2 Å². The first-order valence-electron chi connectivity index (χ1n) is 9.08. The van der Waals surface area contributed by atoms with Crippen LogP contribution in [0.5, 0.6) is 5.75 Å². The van der Waals surface area contributed by atoms with Crippen LogP contribution in [-0.2, 0) is 23.2 Å². The first-order chi connectivity index (χ1) is 13.3. The molecule has 6 nitrogen and oxygen atoms in total. The molecule has 0 aromatic heterocycles. The predicted octanol–water partition coefficient (Wildman–Crippen LogP) is 5.19. The van der Waals surface area contributed by atoms with E-state index >= 15 is 0 Å². The lowest BCUT2D eigenvalue weighted by atomic mass is 9.87. The van der Waals surface area contributed by atoms with Gasteiger partial charge in [-0.3, -0.25) is 4.79 Å². The van der Waals surface area contributed by atoms with Gasteiger partial charge < -0.3 is 10.1 Å². The number of azide groups is 1. The lowest BCUT2D eigenvalue weighted by Crippen LogP contribution is -2.24. The van der Waals surface area contributed by atoms with Gasteiger partial charge in [0.15, 0.2) is 0 Å². The molecule has 0 aliphatic heterocycles. The fourth-order valence-corrected chi connectivity index (χ4v) is 2.84. The van der Waals surface area contributed by atoms with Gasteiger partial charge in [0.2, 0.25) is 5.91 Å². The molecule has 2 rings (SSSR count). The first-order valence-corrected chi connectivity index (χ1v) is 9.45. The zero-order chi connectivity index (χ0) is 20.6. The van der Waals surface area contributed by atoms with Gasteiger partial charge in [-0.1, -0.05) is 67.8 Å². The summed E-state index contributed by atoms with van der Waals surface area (Å²) in [5.41, 5.74) is 11.5. The predicted molar refractivity (Wildman–Crippen MR) is 112 cm³/mol. The summed E-state index contributed by atoms with van der Waals surface area (Å²) >= 11 is 6.19. The van der Waals surface area contributed by atoms with E-state index in [0.29, 0.717) is 17.3 Å². The van der Waals surface area contributed by atoms with Crippen LogP contribution in [0.3, 0.4) is 0 Å². The molecule has 0 unspecified atom stereocenters. The molecule has 0 saturated carbocycles. The van der Waals surface area contributed by atoms with E-state index in [0.717, 1.165) is 11.1 Å². The smallest absolute Gasteiger partial charge is 0.224 e. The highest BCUT2D eigenvalue weighted by Gasteiger charge is 2.13. The van der Waals surface area contributed by atoms with E-state index in [-0.39, 0.29) is 30.9 Å². The van der Waals surface area contributed by atoms with Gasteiger partial charge in [-0.05, 0) is 39.8 Å². The molecule has 0 bridgehead atoms. The molecule has 0 spiro atoms. The molecule has 1 N–H and O–H groups in total. The minimum atomic E-state index is -0.0759. The number of nitrogens with one attached hydrogen (secondary N) is 1. The van der Waals surface area contributed by atoms with Crippen molar-refractivity contribution >= 4 is 17.5 Å². The number of rotatable bonds is 8. The van der Waals surface area contributed by atoms with Crippen molar-refractivity contribution in [2.45, 2.75) is 39.2 Å². The van der Waals surface area contributed by atoms with Crippen molar-refractivity contribution in [1.82, 2.24) is 5.32 Å². The molecule has 0 atom stereocenters. The number of nitrogens with zero attached hydrogens (tertiary/aromatic N) is 3. The van der Waals surface area contributed by atoms with Crippen molar-refractivity contribution in [2.75, 3.05) is 13.2 Å². The van der Waals surface area contributed by atoms with Crippen LogP contribution in [0.25, 0.3) is 10.4 Å². The first kappa shape index (κ1) is 21.6. The van der Waals surface area contributed by atoms with Gasteiger partial charge in [0.1, 0.15) is 5.75 Å². The maximum atomic E-state index is 12.2. The van der Waals surface area contributed by atoms with Gasteiger partial charge in [-0.15, -0.1) is 0 Å². The average molecular weight is 401 g/mol. The van der Waals surface area contributed by atoms with E-state index in [4.69, 9.17) is 21.9 Å². The van der Waals surface area contributed by atoms with E-state index in [1.807, 2.05) is 12.1 Å². The summed E-state index contributed by atoms with van der Waals surface area (Å²) in [7, 11) is 0. The summed E-state index contributed by atoms with van der Waals surface area (Å²) in [5.74, 6) is 0.422. The highest BCUT2D eigenvalue weighted by Crippen LogP contribution is 2.26. The zero-order valence-corrected chi connectivity index (χ0v) is 17.2. The molecular formula is C21H25ClN4O2. The number of hydrogen-bond donors (Lipinski definition) is 1. The number of carbonyl (C=O) groups excluding carboxylic acids is 1. The molecule has 0 fully saturated rings. The summed E-state index contributed by atoms with van der Waals surface area (Å²) in [6.45, 7) is 7.48. The van der Waals surface area contributed by atoms with Crippen LogP contribution in [0.1, 0.15) is 37.5 Å². The Bertz CT molecular complexity index is 854. The van der Waals surface area contributed by atoms with Crippen LogP contribution in [0.2, 0.25) is 5.02 Å². The maximum absolute atomic E-state index is 12.2. The van der Waals surface area contributed by atoms with Gasteiger partial charge in [0.05, 0.1) is 24.6 Å². The van der Waals surface area contributed by atoms with E-state index in [9.17, 15) is 4.79 Å². The summed E-state index contributed by atoms with van der Waals surface area (Å²) in [6, 6.07) is 13.5. The van der Waals surface area contributed by atoms with Crippen molar-refractivity contribution < 1.29 is 9.53 Å². The molecule has 28 heavy (non-hydrogen) atoms. The molecule has 0 aliphatic carbocycles. The van der Waals surface area contributed by atoms with Gasteiger partial charge in [0, 0.05) is 11.5 Å². The highest BCUT2D eigenvalue weighted by atomic mass is 35.5. The number of amides is 1. The number of hydrogen-bond acceptors (Lipinski definition) is 3. The second kappa shape index (κ2) is 10.0. The van der Waals surface area contributed by atoms with Crippen molar-refractivity contribution in [1.29, 1.82) is 0 Å². The molecular weight excluding hydrogens is 376 g/mol. The van der Waals surface area contributed by atoms with Crippen LogP contribution in [0.15, 0.2) is 47.6 Å². The van der Waals surface area contributed by atoms with Crippen molar-refractivity contribution in [3.63, 3.8) is 0 Å². The number of halogens is 1. The average Bonchev–Trinajstić information content (AvgIpc) is 2.64. The van der Waals surface area contributed by atoms with Gasteiger partial charge in [-0.2, -0.15) is 0 Å². The lowest BCUT2D eigenvalue weighted by Gasteiger charge is -2.19. The Morgan fingerprint density at radius 2 is 1.86 bits per heavy atom. The van der Waals surface area contributed by atoms with Crippen LogP contribution in [0.4, 0.5) is 0 Å². The van der Waals surface area contributed by atoms with E-state index in [1.165, 1.54) is 5.56 Å². The molecule has 2 aromatic rings. The SMILES string of the molecule is CC(C)(C)c1ccc(CNC(=O)Cc2ccc(OCCN=[N+]=[N-])c(Cl)c2)cc1. The molecule has 7 heteroatoms. The maximum Gasteiger partial charge on any atom is 0.224 e. The summed E-state index contributed by atoms with van der Waals surface area (Å²) in [5, 5.41) is 6.74. The Labute approximate surface area is 170 Å². The minimum Gasteiger partial charge on any atom is -0.492 e. The van der Waals surface area contributed by atoms with Crippen LogP contribution < -0.4 is 10.1 Å². The Balaban J connectivity index is 1.85. The number of benzene rings is 2. The number of ether oxygens (including phenoxy) is 1. The van der Waals surface area contributed by atoms with Crippen molar-refractivity contribution in [2.24, 2.45) is 5.11 Å². The number of carbonyl (C=O) groups is 1. The molecule has 0 radical (unpaired) electrons. The fourth-order valence-electron chi connectivity index (χ4n) is 2.58. The topological polar surface area (TPSA) is 87.1 Å². The zero-order valence-electron chi connectivity index (χ0n) is 16.4. The Morgan fingerprint density at radius 1 is 1.18 bits per heavy atom.